The number of hydrogen-bond donors (Lipinski definition) is 1. The molecule has 0 saturated carbocycles. The minimum Gasteiger partial charge on any atom is -0.456 e. The third-order valence-corrected chi connectivity index (χ3v) is 5.14. The Morgan fingerprint density at radius 1 is 0.900 bits per heavy atom. The van der Waals surface area contributed by atoms with Crippen molar-refractivity contribution >= 4 is 29.1 Å². The Balaban J connectivity index is 1.43. The summed E-state index contributed by atoms with van der Waals surface area (Å²) in [5, 5.41) is 2.58. The fourth-order valence-corrected chi connectivity index (χ4v) is 3.50. The van der Waals surface area contributed by atoms with Crippen molar-refractivity contribution in [3.05, 3.63) is 64.7 Å². The minimum absolute atomic E-state index is 0.0416. The Morgan fingerprint density at radius 2 is 1.67 bits per heavy atom. The molecule has 0 unspecified atom stereocenters. The van der Waals surface area contributed by atoms with E-state index in [0.717, 1.165) is 19.3 Å². The van der Waals surface area contributed by atoms with Crippen molar-refractivity contribution in [3.63, 3.8) is 0 Å². The van der Waals surface area contributed by atoms with Crippen LogP contribution in [0, 0.1) is 0 Å². The van der Waals surface area contributed by atoms with Crippen LogP contribution in [0.4, 0.5) is 5.69 Å². The standard InChI is InChI=1S/C24H25NO5/c1-16(26)18-7-4-8-21(14-18)25-23(28)15-30-24(29)12-11-22(27)20-10-9-17-5-2-3-6-19(17)13-20/h4,7-10,13-14H,2-3,5-6,11-12,15H2,1H3,(H,25,28). The molecule has 156 valence electrons. The van der Waals surface area contributed by atoms with Crippen LogP contribution < -0.4 is 5.32 Å². The number of nitrogens with one attached hydrogen (secondary N) is 1. The topological polar surface area (TPSA) is 89.5 Å². The molecular formula is C24H25NO5. The van der Waals surface area contributed by atoms with Crippen LogP contribution in [-0.4, -0.2) is 30.0 Å². The molecule has 1 amide bonds. The first kappa shape index (κ1) is 21.4. The number of Topliss-reactive ketones (excluding diaryl/α,β-unsaturated/α-hetero) is 2. The number of carbonyl (C=O) groups excluding carboxylic acids is 4. The van der Waals surface area contributed by atoms with Crippen molar-refractivity contribution in [3.8, 4) is 0 Å². The second kappa shape index (κ2) is 9.96. The SMILES string of the molecule is CC(=O)c1cccc(NC(=O)COC(=O)CCC(=O)c2ccc3c(c2)CCCC3)c1. The number of benzene rings is 2. The predicted octanol–water partition coefficient (Wildman–Crippen LogP) is 3.91. The first-order chi connectivity index (χ1) is 14.4. The molecule has 30 heavy (non-hydrogen) atoms. The summed E-state index contributed by atoms with van der Waals surface area (Å²) in [6.07, 6.45) is 4.32. The molecule has 0 aromatic heterocycles. The summed E-state index contributed by atoms with van der Waals surface area (Å²) in [5.74, 6) is -1.33. The maximum absolute atomic E-state index is 12.4. The molecule has 0 saturated heterocycles. The van der Waals surface area contributed by atoms with Crippen molar-refractivity contribution in [1.82, 2.24) is 0 Å². The molecular weight excluding hydrogens is 382 g/mol. The molecule has 2 aromatic carbocycles. The van der Waals surface area contributed by atoms with Crippen LogP contribution in [0.5, 0.6) is 0 Å². The first-order valence-corrected chi connectivity index (χ1v) is 10.1. The Labute approximate surface area is 175 Å². The maximum Gasteiger partial charge on any atom is 0.306 e. The van der Waals surface area contributed by atoms with Crippen LogP contribution in [0.1, 0.15) is 64.4 Å². The lowest BCUT2D eigenvalue weighted by atomic mass is 9.89. The van der Waals surface area contributed by atoms with E-state index >= 15 is 0 Å². The fourth-order valence-electron chi connectivity index (χ4n) is 3.50. The van der Waals surface area contributed by atoms with Gasteiger partial charge in [-0.3, -0.25) is 19.2 Å². The van der Waals surface area contributed by atoms with Crippen molar-refractivity contribution in [2.24, 2.45) is 0 Å². The van der Waals surface area contributed by atoms with Gasteiger partial charge in [0, 0.05) is 23.2 Å². The van der Waals surface area contributed by atoms with Crippen LogP contribution >= 0.6 is 0 Å². The smallest absolute Gasteiger partial charge is 0.306 e. The minimum atomic E-state index is -0.603. The van der Waals surface area contributed by atoms with Crippen molar-refractivity contribution < 1.29 is 23.9 Å². The number of ketones is 2. The fraction of sp³-hybridized carbons (Fsp3) is 0.333. The van der Waals surface area contributed by atoms with E-state index in [1.165, 1.54) is 24.5 Å². The normalized spacial score (nSPS) is 12.6. The summed E-state index contributed by atoms with van der Waals surface area (Å²) in [7, 11) is 0. The average Bonchev–Trinajstić information content (AvgIpc) is 2.75. The highest BCUT2D eigenvalue weighted by Crippen LogP contribution is 2.23. The van der Waals surface area contributed by atoms with Gasteiger partial charge in [-0.25, -0.2) is 0 Å². The van der Waals surface area contributed by atoms with Gasteiger partial charge in [-0.15, -0.1) is 0 Å². The second-order valence-corrected chi connectivity index (χ2v) is 7.46. The van der Waals surface area contributed by atoms with Crippen LogP contribution in [0.25, 0.3) is 0 Å². The molecule has 1 aliphatic rings. The monoisotopic (exact) mass is 407 g/mol. The van der Waals surface area contributed by atoms with E-state index in [9.17, 15) is 19.2 Å². The lowest BCUT2D eigenvalue weighted by molar-refractivity contribution is -0.147. The Kier molecular flexibility index (Phi) is 7.12. The molecule has 0 fully saturated rings. The number of amides is 1. The molecule has 6 nitrogen and oxygen atoms in total. The molecule has 2 aromatic rings. The Morgan fingerprint density at radius 3 is 2.43 bits per heavy atom. The molecule has 0 heterocycles. The third kappa shape index (κ3) is 5.86. The number of ether oxygens (including phenoxy) is 1. The van der Waals surface area contributed by atoms with E-state index in [2.05, 4.69) is 5.32 Å². The molecule has 1 N–H and O–H groups in total. The predicted molar refractivity (Wildman–Crippen MR) is 113 cm³/mol. The number of hydrogen-bond acceptors (Lipinski definition) is 5. The molecule has 0 radical (unpaired) electrons. The summed E-state index contributed by atoms with van der Waals surface area (Å²) in [5.41, 5.74) is 4.07. The molecule has 0 aliphatic heterocycles. The van der Waals surface area contributed by atoms with Gasteiger partial charge in [0.15, 0.2) is 18.2 Å². The van der Waals surface area contributed by atoms with Crippen LogP contribution in [0.15, 0.2) is 42.5 Å². The lowest BCUT2D eigenvalue weighted by Gasteiger charge is -2.16. The van der Waals surface area contributed by atoms with Crippen molar-refractivity contribution in [1.29, 1.82) is 0 Å². The zero-order valence-electron chi connectivity index (χ0n) is 17.0. The third-order valence-electron chi connectivity index (χ3n) is 5.14. The molecule has 0 spiro atoms. The number of esters is 1. The second-order valence-electron chi connectivity index (χ2n) is 7.46. The number of aryl methyl sites for hydroxylation is 2. The van der Waals surface area contributed by atoms with E-state index in [0.29, 0.717) is 16.8 Å². The number of anilines is 1. The van der Waals surface area contributed by atoms with E-state index in [-0.39, 0.29) is 24.4 Å². The van der Waals surface area contributed by atoms with Gasteiger partial charge in [0.25, 0.3) is 5.91 Å². The average molecular weight is 407 g/mol. The highest BCUT2D eigenvalue weighted by Gasteiger charge is 2.15. The Hall–Kier alpha value is -3.28. The van der Waals surface area contributed by atoms with E-state index in [4.69, 9.17) is 4.74 Å². The van der Waals surface area contributed by atoms with Gasteiger partial charge >= 0.3 is 5.97 Å². The number of rotatable bonds is 8. The van der Waals surface area contributed by atoms with Crippen LogP contribution in [0.2, 0.25) is 0 Å². The van der Waals surface area contributed by atoms with Gasteiger partial charge in [0.2, 0.25) is 0 Å². The quantitative estimate of drug-likeness (QED) is 0.529. The van der Waals surface area contributed by atoms with Gasteiger partial charge < -0.3 is 10.1 Å². The summed E-state index contributed by atoms with van der Waals surface area (Å²) in [6, 6.07) is 12.3. The van der Waals surface area contributed by atoms with E-state index in [1.807, 2.05) is 18.2 Å². The van der Waals surface area contributed by atoms with Gasteiger partial charge in [0.1, 0.15) is 0 Å². The molecule has 3 rings (SSSR count). The number of carbonyl (C=O) groups is 4. The zero-order valence-corrected chi connectivity index (χ0v) is 17.0. The molecule has 6 heteroatoms. The van der Waals surface area contributed by atoms with Gasteiger partial charge in [-0.1, -0.05) is 24.3 Å². The summed E-state index contributed by atoms with van der Waals surface area (Å²) in [4.78, 5) is 47.6. The largest absolute Gasteiger partial charge is 0.456 e. The van der Waals surface area contributed by atoms with Gasteiger partial charge in [0.05, 0.1) is 6.42 Å². The molecule has 0 bridgehead atoms. The summed E-state index contributed by atoms with van der Waals surface area (Å²) in [6.45, 7) is 0.990. The highest BCUT2D eigenvalue weighted by molar-refractivity contribution is 5.99. The van der Waals surface area contributed by atoms with Gasteiger partial charge in [-0.05, 0) is 61.9 Å². The van der Waals surface area contributed by atoms with Crippen molar-refractivity contribution in [2.45, 2.75) is 45.4 Å². The summed E-state index contributed by atoms with van der Waals surface area (Å²) < 4.78 is 4.96. The molecule has 1 aliphatic carbocycles. The van der Waals surface area contributed by atoms with Gasteiger partial charge in [-0.2, -0.15) is 0 Å². The number of fused-ring (bicyclic) bond motifs is 1. The van der Waals surface area contributed by atoms with Crippen LogP contribution in [-0.2, 0) is 27.2 Å². The molecule has 0 atom stereocenters. The van der Waals surface area contributed by atoms with E-state index in [1.54, 1.807) is 24.3 Å². The highest BCUT2D eigenvalue weighted by atomic mass is 16.5. The summed E-state index contributed by atoms with van der Waals surface area (Å²) >= 11 is 0. The Bertz CT molecular complexity index is 979. The lowest BCUT2D eigenvalue weighted by Crippen LogP contribution is -2.21. The van der Waals surface area contributed by atoms with Crippen molar-refractivity contribution in [2.75, 3.05) is 11.9 Å². The zero-order chi connectivity index (χ0) is 21.5. The van der Waals surface area contributed by atoms with E-state index < -0.39 is 18.5 Å². The first-order valence-electron chi connectivity index (χ1n) is 10.1. The maximum atomic E-state index is 12.4. The van der Waals surface area contributed by atoms with Crippen LogP contribution in [0.3, 0.4) is 0 Å².